The number of ether oxygens (including phenoxy) is 2. The Morgan fingerprint density at radius 2 is 1.44 bits per heavy atom. The molecule has 158 valence electrons. The molecule has 0 aromatic rings. The molecule has 1 N–H and O–H groups in total. The topological polar surface area (TPSA) is 55.8 Å². The third-order valence-electron chi connectivity index (χ3n) is 7.24. The summed E-state index contributed by atoms with van der Waals surface area (Å²) in [5.41, 5.74) is 0. The summed E-state index contributed by atoms with van der Waals surface area (Å²) >= 11 is 0. The van der Waals surface area contributed by atoms with E-state index in [1.807, 2.05) is 0 Å². The van der Waals surface area contributed by atoms with E-state index in [0.717, 1.165) is 19.3 Å². The van der Waals surface area contributed by atoms with Crippen molar-refractivity contribution in [2.75, 3.05) is 6.61 Å². The van der Waals surface area contributed by atoms with Gasteiger partial charge < -0.3 is 14.6 Å². The third-order valence-corrected chi connectivity index (χ3v) is 7.24. The number of hydrogen-bond donors (Lipinski definition) is 1. The van der Waals surface area contributed by atoms with E-state index in [2.05, 4.69) is 41.5 Å². The van der Waals surface area contributed by atoms with Crippen molar-refractivity contribution in [2.45, 2.75) is 92.3 Å². The number of carbonyl (C=O) groups is 1. The second kappa shape index (κ2) is 10.1. The van der Waals surface area contributed by atoms with Crippen LogP contribution in [0.25, 0.3) is 0 Å². The predicted molar refractivity (Wildman–Crippen MR) is 109 cm³/mol. The van der Waals surface area contributed by atoms with Crippen LogP contribution in [0, 0.1) is 41.4 Å². The van der Waals surface area contributed by atoms with Gasteiger partial charge in [0.1, 0.15) is 6.10 Å². The van der Waals surface area contributed by atoms with Crippen LogP contribution in [0.4, 0.5) is 4.79 Å². The van der Waals surface area contributed by atoms with Gasteiger partial charge in [0.2, 0.25) is 0 Å². The maximum atomic E-state index is 11.4. The summed E-state index contributed by atoms with van der Waals surface area (Å²) in [6.45, 7) is 14.1. The van der Waals surface area contributed by atoms with E-state index in [9.17, 15) is 9.90 Å². The summed E-state index contributed by atoms with van der Waals surface area (Å²) in [7, 11) is 0. The van der Waals surface area contributed by atoms with Gasteiger partial charge in [-0.15, -0.1) is 0 Å². The zero-order valence-electron chi connectivity index (χ0n) is 18.3. The van der Waals surface area contributed by atoms with Gasteiger partial charge in [0.15, 0.2) is 0 Å². The molecule has 2 rings (SSSR count). The van der Waals surface area contributed by atoms with Crippen molar-refractivity contribution >= 4 is 6.16 Å². The minimum atomic E-state index is -1.17. The molecule has 0 heterocycles. The summed E-state index contributed by atoms with van der Waals surface area (Å²) in [5.74, 6) is 3.80. The maximum absolute atomic E-state index is 11.4. The first-order valence-electron chi connectivity index (χ1n) is 11.2. The number of carboxylic acid groups (broad SMARTS) is 1. The summed E-state index contributed by atoms with van der Waals surface area (Å²) in [5, 5.41) is 9.35. The Balaban J connectivity index is 2.09. The zero-order valence-corrected chi connectivity index (χ0v) is 18.3. The van der Waals surface area contributed by atoms with Gasteiger partial charge in [-0.3, -0.25) is 0 Å². The number of hydrogen-bond acceptors (Lipinski definition) is 3. The van der Waals surface area contributed by atoms with Crippen molar-refractivity contribution < 1.29 is 19.4 Å². The smallest absolute Gasteiger partial charge is 0.450 e. The van der Waals surface area contributed by atoms with Crippen LogP contribution in [-0.4, -0.2) is 30.1 Å². The first-order valence-corrected chi connectivity index (χ1v) is 11.2. The Kier molecular flexibility index (Phi) is 8.45. The quantitative estimate of drug-likeness (QED) is 0.530. The van der Waals surface area contributed by atoms with E-state index >= 15 is 0 Å². The summed E-state index contributed by atoms with van der Waals surface area (Å²) < 4.78 is 11.8. The molecule has 0 aromatic heterocycles. The molecule has 7 atom stereocenters. The van der Waals surface area contributed by atoms with Gasteiger partial charge in [0.25, 0.3) is 0 Å². The first kappa shape index (κ1) is 22.5. The Labute approximate surface area is 166 Å². The summed E-state index contributed by atoms with van der Waals surface area (Å²) in [4.78, 5) is 11.4. The molecule has 0 amide bonds. The molecular weight excluding hydrogens is 340 g/mol. The van der Waals surface area contributed by atoms with Crippen molar-refractivity contribution in [3.05, 3.63) is 0 Å². The van der Waals surface area contributed by atoms with E-state index in [1.165, 1.54) is 19.3 Å². The molecule has 0 radical (unpaired) electrons. The molecule has 2 aliphatic rings. The molecule has 7 unspecified atom stereocenters. The second-order valence-electron chi connectivity index (χ2n) is 10.1. The highest BCUT2D eigenvalue weighted by Crippen LogP contribution is 2.41. The monoisotopic (exact) mass is 382 g/mol. The van der Waals surface area contributed by atoms with Crippen molar-refractivity contribution in [1.29, 1.82) is 0 Å². The Bertz CT molecular complexity index is 461. The lowest BCUT2D eigenvalue weighted by Crippen LogP contribution is -2.43. The molecule has 0 bridgehead atoms. The van der Waals surface area contributed by atoms with Gasteiger partial charge in [0.05, 0.1) is 12.7 Å². The largest absolute Gasteiger partial charge is 0.506 e. The highest BCUT2D eigenvalue weighted by molar-refractivity contribution is 5.57. The van der Waals surface area contributed by atoms with Gasteiger partial charge in [-0.05, 0) is 61.2 Å². The number of rotatable bonds is 7. The van der Waals surface area contributed by atoms with Crippen molar-refractivity contribution in [1.82, 2.24) is 0 Å². The fourth-order valence-electron chi connectivity index (χ4n) is 5.60. The van der Waals surface area contributed by atoms with Gasteiger partial charge in [-0.2, -0.15) is 0 Å². The molecule has 4 heteroatoms. The molecule has 0 aliphatic heterocycles. The van der Waals surface area contributed by atoms with E-state index in [4.69, 9.17) is 9.47 Å². The Morgan fingerprint density at radius 3 is 2.00 bits per heavy atom. The molecule has 0 aromatic carbocycles. The van der Waals surface area contributed by atoms with Crippen molar-refractivity contribution in [3.8, 4) is 0 Å². The normalized spacial score (nSPS) is 36.0. The molecule has 2 saturated carbocycles. The molecule has 2 fully saturated rings. The van der Waals surface area contributed by atoms with E-state index in [0.29, 0.717) is 42.1 Å². The average molecular weight is 383 g/mol. The fraction of sp³-hybridized carbons (Fsp3) is 0.957. The van der Waals surface area contributed by atoms with Crippen LogP contribution >= 0.6 is 0 Å². The highest BCUT2D eigenvalue weighted by Gasteiger charge is 2.39. The van der Waals surface area contributed by atoms with Gasteiger partial charge >= 0.3 is 6.16 Å². The van der Waals surface area contributed by atoms with Crippen LogP contribution in [0.5, 0.6) is 0 Å². The van der Waals surface area contributed by atoms with Crippen molar-refractivity contribution in [2.24, 2.45) is 41.4 Å². The molecule has 27 heavy (non-hydrogen) atoms. The van der Waals surface area contributed by atoms with Crippen LogP contribution in [0.1, 0.15) is 80.1 Å². The van der Waals surface area contributed by atoms with Crippen LogP contribution < -0.4 is 0 Å². The standard InChI is InChI=1S/C23H42O4/c1-14(2)18-9-7-16(5)11-20(18)22(27-23(24)25)13-26-21-12-17(6)8-10-19(21)15(3)4/h14-22H,7-13H2,1-6H3,(H,24,25). The lowest BCUT2D eigenvalue weighted by atomic mass is 9.68. The molecule has 0 spiro atoms. The minimum absolute atomic E-state index is 0.229. The zero-order chi connectivity index (χ0) is 20.1. The molecule has 0 saturated heterocycles. The van der Waals surface area contributed by atoms with E-state index in [-0.39, 0.29) is 18.1 Å². The molecule has 4 nitrogen and oxygen atoms in total. The minimum Gasteiger partial charge on any atom is -0.450 e. The first-order chi connectivity index (χ1) is 12.7. The summed E-state index contributed by atoms with van der Waals surface area (Å²) in [6.07, 6.45) is 5.72. The van der Waals surface area contributed by atoms with E-state index < -0.39 is 6.16 Å². The third kappa shape index (κ3) is 6.37. The van der Waals surface area contributed by atoms with Crippen LogP contribution in [0.3, 0.4) is 0 Å². The average Bonchev–Trinajstić information content (AvgIpc) is 2.57. The lowest BCUT2D eigenvalue weighted by molar-refractivity contribution is -0.104. The Hall–Kier alpha value is -0.770. The summed E-state index contributed by atoms with van der Waals surface area (Å²) in [6, 6.07) is 0. The molecule has 2 aliphatic carbocycles. The second-order valence-corrected chi connectivity index (χ2v) is 10.1. The fourth-order valence-corrected chi connectivity index (χ4v) is 5.60. The van der Waals surface area contributed by atoms with Crippen LogP contribution in [0.2, 0.25) is 0 Å². The highest BCUT2D eigenvalue weighted by atomic mass is 16.7. The Morgan fingerprint density at radius 1 is 0.889 bits per heavy atom. The van der Waals surface area contributed by atoms with Crippen LogP contribution in [0.15, 0.2) is 0 Å². The van der Waals surface area contributed by atoms with Gasteiger partial charge in [-0.25, -0.2) is 4.79 Å². The van der Waals surface area contributed by atoms with Crippen molar-refractivity contribution in [3.63, 3.8) is 0 Å². The van der Waals surface area contributed by atoms with Gasteiger partial charge in [0, 0.05) is 5.92 Å². The van der Waals surface area contributed by atoms with E-state index in [1.54, 1.807) is 0 Å². The maximum Gasteiger partial charge on any atom is 0.506 e. The van der Waals surface area contributed by atoms with Crippen LogP contribution in [-0.2, 0) is 9.47 Å². The predicted octanol–water partition coefficient (Wildman–Crippen LogP) is 6.24. The van der Waals surface area contributed by atoms with Gasteiger partial charge in [-0.1, -0.05) is 54.4 Å². The SMILES string of the molecule is CC1CCC(C(C)C)C(OCC(OC(=O)O)C2CC(C)CCC2C(C)C)C1. The lowest BCUT2D eigenvalue weighted by Gasteiger charge is -2.42. The molecular formula is C23H42O4.